The van der Waals surface area contributed by atoms with Crippen molar-refractivity contribution in [2.45, 2.75) is 161 Å². The predicted octanol–water partition coefficient (Wildman–Crippen LogP) is 9.80. The molecular formula is C28H55NO. The Bertz CT molecular complexity index is 366. The van der Waals surface area contributed by atoms with Gasteiger partial charge < -0.3 is 4.74 Å². The zero-order valence-corrected chi connectivity index (χ0v) is 20.7. The SMILES string of the molecule is CCCCCCCCCCCCCCCCCCCCCCCCC1=NCCCO1. The molecule has 1 heterocycles. The van der Waals surface area contributed by atoms with Crippen molar-refractivity contribution in [1.82, 2.24) is 0 Å². The highest BCUT2D eigenvalue weighted by Crippen LogP contribution is 2.15. The molecule has 178 valence electrons. The highest BCUT2D eigenvalue weighted by molar-refractivity contribution is 5.76. The van der Waals surface area contributed by atoms with Gasteiger partial charge in [-0.3, -0.25) is 4.99 Å². The average Bonchev–Trinajstić information content (AvgIpc) is 2.78. The van der Waals surface area contributed by atoms with Gasteiger partial charge >= 0.3 is 0 Å². The molecule has 0 amide bonds. The van der Waals surface area contributed by atoms with Crippen LogP contribution in [0.25, 0.3) is 0 Å². The molecule has 0 saturated carbocycles. The van der Waals surface area contributed by atoms with Gasteiger partial charge in [0.2, 0.25) is 0 Å². The van der Waals surface area contributed by atoms with Gasteiger partial charge in [-0.15, -0.1) is 0 Å². The lowest BCUT2D eigenvalue weighted by atomic mass is 10.0. The maximum absolute atomic E-state index is 5.57. The number of nitrogens with zero attached hydrogens (tertiary/aromatic N) is 1. The van der Waals surface area contributed by atoms with Gasteiger partial charge in [-0.2, -0.15) is 0 Å². The lowest BCUT2D eigenvalue weighted by molar-refractivity contribution is 0.272. The summed E-state index contributed by atoms with van der Waals surface area (Å²) < 4.78 is 5.57. The largest absolute Gasteiger partial charge is 0.481 e. The Kier molecular flexibility index (Phi) is 21.2. The molecule has 0 bridgehead atoms. The first-order valence-corrected chi connectivity index (χ1v) is 14.1. The van der Waals surface area contributed by atoms with Crippen LogP contribution in [0.5, 0.6) is 0 Å². The quantitative estimate of drug-likeness (QED) is 0.150. The van der Waals surface area contributed by atoms with Gasteiger partial charge in [0.1, 0.15) is 0 Å². The molecule has 0 aromatic heterocycles. The summed E-state index contributed by atoms with van der Waals surface area (Å²) >= 11 is 0. The summed E-state index contributed by atoms with van der Waals surface area (Å²) in [6.45, 7) is 4.17. The molecule has 2 nitrogen and oxygen atoms in total. The van der Waals surface area contributed by atoms with E-state index in [0.717, 1.165) is 31.9 Å². The molecule has 1 aliphatic heterocycles. The normalized spacial score (nSPS) is 14.0. The average molecular weight is 422 g/mol. The summed E-state index contributed by atoms with van der Waals surface area (Å²) in [6, 6.07) is 0. The van der Waals surface area contributed by atoms with Crippen molar-refractivity contribution in [3.8, 4) is 0 Å². The lowest BCUT2D eigenvalue weighted by Gasteiger charge is -2.13. The van der Waals surface area contributed by atoms with Crippen LogP contribution in [0.2, 0.25) is 0 Å². The maximum Gasteiger partial charge on any atom is 0.183 e. The highest BCUT2D eigenvalue weighted by Gasteiger charge is 2.05. The fourth-order valence-corrected chi connectivity index (χ4v) is 4.54. The molecule has 0 atom stereocenters. The van der Waals surface area contributed by atoms with Crippen LogP contribution in [0, 0.1) is 0 Å². The van der Waals surface area contributed by atoms with Crippen LogP contribution in [0.1, 0.15) is 161 Å². The minimum absolute atomic E-state index is 0.887. The van der Waals surface area contributed by atoms with Crippen LogP contribution in [-0.2, 0) is 4.74 Å². The number of hydrogen-bond donors (Lipinski definition) is 0. The number of hydrogen-bond acceptors (Lipinski definition) is 2. The number of rotatable bonds is 23. The molecule has 0 unspecified atom stereocenters. The summed E-state index contributed by atoms with van der Waals surface area (Å²) in [7, 11) is 0. The van der Waals surface area contributed by atoms with E-state index in [1.165, 1.54) is 141 Å². The lowest BCUT2D eigenvalue weighted by Crippen LogP contribution is -2.13. The Hall–Kier alpha value is -0.530. The highest BCUT2D eigenvalue weighted by atomic mass is 16.5. The summed E-state index contributed by atoms with van der Waals surface area (Å²) in [5.74, 6) is 1.02. The molecule has 0 aromatic rings. The second-order valence-electron chi connectivity index (χ2n) is 9.65. The molecule has 0 N–H and O–H groups in total. The van der Waals surface area contributed by atoms with Crippen LogP contribution in [0.3, 0.4) is 0 Å². The Morgan fingerprint density at radius 1 is 0.533 bits per heavy atom. The van der Waals surface area contributed by atoms with Crippen LogP contribution in [-0.4, -0.2) is 19.0 Å². The van der Waals surface area contributed by atoms with Crippen LogP contribution in [0.4, 0.5) is 0 Å². The van der Waals surface area contributed by atoms with Gasteiger partial charge in [0.25, 0.3) is 0 Å². The van der Waals surface area contributed by atoms with E-state index in [9.17, 15) is 0 Å². The van der Waals surface area contributed by atoms with Crippen molar-refractivity contribution < 1.29 is 4.74 Å². The van der Waals surface area contributed by atoms with E-state index >= 15 is 0 Å². The topological polar surface area (TPSA) is 21.6 Å². The third kappa shape index (κ3) is 19.4. The molecule has 2 heteroatoms. The minimum Gasteiger partial charge on any atom is -0.481 e. The van der Waals surface area contributed by atoms with Crippen LogP contribution in [0.15, 0.2) is 4.99 Å². The molecule has 0 radical (unpaired) electrons. The molecule has 1 rings (SSSR count). The van der Waals surface area contributed by atoms with E-state index in [4.69, 9.17) is 4.74 Å². The van der Waals surface area contributed by atoms with Crippen molar-refractivity contribution in [1.29, 1.82) is 0 Å². The molecule has 0 fully saturated rings. The van der Waals surface area contributed by atoms with E-state index in [2.05, 4.69) is 11.9 Å². The Morgan fingerprint density at radius 3 is 1.23 bits per heavy atom. The first-order chi connectivity index (χ1) is 14.9. The fraction of sp³-hybridized carbons (Fsp3) is 0.964. The molecule has 30 heavy (non-hydrogen) atoms. The second-order valence-corrected chi connectivity index (χ2v) is 9.65. The predicted molar refractivity (Wildman–Crippen MR) is 135 cm³/mol. The van der Waals surface area contributed by atoms with Gasteiger partial charge in [0, 0.05) is 19.4 Å². The van der Waals surface area contributed by atoms with Gasteiger partial charge in [0.05, 0.1) is 6.61 Å². The second kappa shape index (κ2) is 23.1. The molecule has 0 saturated heterocycles. The van der Waals surface area contributed by atoms with E-state index in [1.807, 2.05) is 0 Å². The standard InChI is InChI=1S/C28H55NO/c1-2-3-4-5-6-7-8-9-10-11-12-13-14-15-16-17-18-19-20-21-22-23-25-28-29-26-24-27-30-28/h2-27H2,1H3. The van der Waals surface area contributed by atoms with Crippen molar-refractivity contribution >= 4 is 5.90 Å². The van der Waals surface area contributed by atoms with Crippen LogP contribution < -0.4 is 0 Å². The Labute approximate surface area is 190 Å². The molecule has 1 aliphatic rings. The van der Waals surface area contributed by atoms with Gasteiger partial charge in [-0.1, -0.05) is 142 Å². The van der Waals surface area contributed by atoms with Crippen LogP contribution >= 0.6 is 0 Å². The van der Waals surface area contributed by atoms with Crippen molar-refractivity contribution in [2.75, 3.05) is 13.2 Å². The number of ether oxygens (including phenoxy) is 1. The summed E-state index contributed by atoms with van der Waals surface area (Å²) in [5.41, 5.74) is 0. The van der Waals surface area contributed by atoms with Gasteiger partial charge in [-0.25, -0.2) is 0 Å². The molecule has 0 spiro atoms. The third-order valence-corrected chi connectivity index (χ3v) is 6.60. The van der Waals surface area contributed by atoms with E-state index < -0.39 is 0 Å². The van der Waals surface area contributed by atoms with Crippen molar-refractivity contribution in [3.05, 3.63) is 0 Å². The molecule has 0 aromatic carbocycles. The van der Waals surface area contributed by atoms with E-state index in [-0.39, 0.29) is 0 Å². The maximum atomic E-state index is 5.57. The zero-order chi connectivity index (χ0) is 21.4. The number of aliphatic imine (C=N–C) groups is 1. The zero-order valence-electron chi connectivity index (χ0n) is 20.7. The summed E-state index contributed by atoms with van der Waals surface area (Å²) in [6.07, 6.45) is 34.0. The monoisotopic (exact) mass is 421 g/mol. The Morgan fingerprint density at radius 2 is 0.900 bits per heavy atom. The Balaban J connectivity index is 1.64. The summed E-state index contributed by atoms with van der Waals surface area (Å²) in [5, 5.41) is 0. The third-order valence-electron chi connectivity index (χ3n) is 6.60. The molecule has 0 aliphatic carbocycles. The van der Waals surface area contributed by atoms with Crippen molar-refractivity contribution in [3.63, 3.8) is 0 Å². The fourth-order valence-electron chi connectivity index (χ4n) is 4.54. The van der Waals surface area contributed by atoms with Gasteiger partial charge in [-0.05, 0) is 6.42 Å². The smallest absolute Gasteiger partial charge is 0.183 e. The number of unbranched alkanes of at least 4 members (excludes halogenated alkanes) is 21. The molecular weight excluding hydrogens is 366 g/mol. The minimum atomic E-state index is 0.887. The first-order valence-electron chi connectivity index (χ1n) is 14.1. The summed E-state index contributed by atoms with van der Waals surface area (Å²) in [4.78, 5) is 4.45. The van der Waals surface area contributed by atoms with E-state index in [1.54, 1.807) is 0 Å². The first kappa shape index (κ1) is 27.5. The van der Waals surface area contributed by atoms with Gasteiger partial charge in [0.15, 0.2) is 5.90 Å². The van der Waals surface area contributed by atoms with Crippen molar-refractivity contribution in [2.24, 2.45) is 4.99 Å². The van der Waals surface area contributed by atoms with E-state index in [0.29, 0.717) is 0 Å².